The summed E-state index contributed by atoms with van der Waals surface area (Å²) in [7, 11) is -1.36. The maximum atomic E-state index is 14.0. The monoisotopic (exact) mass is 882 g/mol. The number of fused-ring (bicyclic) bond motifs is 3. The molecule has 10 heteroatoms. The molecule has 2 fully saturated rings. The summed E-state index contributed by atoms with van der Waals surface area (Å²) >= 11 is 2.12. The van der Waals surface area contributed by atoms with Crippen LogP contribution in [-0.2, 0) is 18.8 Å². The van der Waals surface area contributed by atoms with Crippen LogP contribution in [0.1, 0.15) is 64.6 Å². The lowest BCUT2D eigenvalue weighted by atomic mass is 9.69. The summed E-state index contributed by atoms with van der Waals surface area (Å²) in [6, 6.07) is 30.9. The van der Waals surface area contributed by atoms with E-state index >= 15 is 0 Å². The summed E-state index contributed by atoms with van der Waals surface area (Å²) < 4.78 is 20.4. The van der Waals surface area contributed by atoms with Crippen molar-refractivity contribution in [3.8, 4) is 11.5 Å². The SMILES string of the molecule is CCCN1C(=O)[C@@H]2[C@@H](CC(CO[Si](c3ccccc3)(c3ccccc3)C(C)(C)C)=C3[C@@H](CC/C(=C/c4cc(I)c(O)c(OC)c4)c4ccccn4)OC[C@@H]32)C1=O. The Kier molecular flexibility index (Phi) is 12.0. The molecule has 4 aromatic rings. The smallest absolute Gasteiger partial charge is 0.261 e. The van der Waals surface area contributed by atoms with Gasteiger partial charge in [-0.25, -0.2) is 0 Å². The molecule has 56 heavy (non-hydrogen) atoms. The number of imide groups is 1. The number of pyridine rings is 1. The van der Waals surface area contributed by atoms with Crippen molar-refractivity contribution < 1.29 is 28.6 Å². The van der Waals surface area contributed by atoms with Crippen LogP contribution in [0, 0.1) is 21.3 Å². The molecule has 7 rings (SSSR count). The first kappa shape index (κ1) is 40.1. The van der Waals surface area contributed by atoms with Gasteiger partial charge in [-0.1, -0.05) is 94.4 Å². The molecule has 0 bridgehead atoms. The molecule has 2 amide bonds. The van der Waals surface area contributed by atoms with E-state index in [0.717, 1.165) is 34.4 Å². The third kappa shape index (κ3) is 7.53. The van der Waals surface area contributed by atoms with Gasteiger partial charge < -0.3 is 19.0 Å². The van der Waals surface area contributed by atoms with Gasteiger partial charge in [0.25, 0.3) is 8.32 Å². The van der Waals surface area contributed by atoms with E-state index in [1.54, 1.807) is 13.3 Å². The number of halogens is 1. The number of nitrogens with zero attached hydrogens (tertiary/aromatic N) is 2. The van der Waals surface area contributed by atoms with Gasteiger partial charge in [-0.05, 0) is 116 Å². The van der Waals surface area contributed by atoms with Crippen molar-refractivity contribution in [1.29, 1.82) is 0 Å². The Morgan fingerprint density at radius 3 is 2.27 bits per heavy atom. The van der Waals surface area contributed by atoms with E-state index in [1.807, 2.05) is 49.4 Å². The highest BCUT2D eigenvalue weighted by molar-refractivity contribution is 14.1. The highest BCUT2D eigenvalue weighted by atomic mass is 127. The molecule has 0 unspecified atom stereocenters. The van der Waals surface area contributed by atoms with Gasteiger partial charge in [0.2, 0.25) is 11.8 Å². The quantitative estimate of drug-likeness (QED) is 0.0629. The zero-order valence-electron chi connectivity index (χ0n) is 32.8. The van der Waals surface area contributed by atoms with Crippen molar-refractivity contribution in [3.05, 3.63) is 123 Å². The van der Waals surface area contributed by atoms with Crippen LogP contribution in [0.15, 0.2) is 108 Å². The third-order valence-corrected chi connectivity index (χ3v) is 17.5. The van der Waals surface area contributed by atoms with Crippen LogP contribution in [0.3, 0.4) is 0 Å². The standard InChI is InChI=1S/C46H51IN2O6Si/c1-6-23-49-44(51)35-27-32(28-55-56(46(2,3)4,33-15-9-7-10-16-33)34-17-11-8-12-18-34)41-36(42(35)45(49)52)29-54-39(41)21-20-31(38-19-13-14-22-48-38)24-30-25-37(47)43(50)40(26-30)53-5/h7-19,22,24-26,35-36,39,42,50H,6,20-21,23,27-29H2,1-5H3/b31-24-/t35-,36+,39-,42-/m1/s1. The topological polar surface area (TPSA) is 98.2 Å². The summed E-state index contributed by atoms with van der Waals surface area (Å²) in [5, 5.41) is 12.7. The molecular weight excluding hydrogens is 832 g/mol. The average Bonchev–Trinajstić information content (AvgIpc) is 3.73. The molecular formula is C46H51IN2O6Si. The number of hydrogen-bond acceptors (Lipinski definition) is 7. The van der Waals surface area contributed by atoms with Crippen LogP contribution < -0.4 is 15.1 Å². The van der Waals surface area contributed by atoms with Gasteiger partial charge in [-0.15, -0.1) is 0 Å². The van der Waals surface area contributed by atoms with E-state index in [-0.39, 0.29) is 34.6 Å². The Labute approximate surface area is 345 Å². The van der Waals surface area contributed by atoms with E-state index in [4.69, 9.17) is 18.9 Å². The fraction of sp³-hybridized carbons (Fsp3) is 0.370. The van der Waals surface area contributed by atoms with E-state index in [0.29, 0.717) is 48.3 Å². The largest absolute Gasteiger partial charge is 0.504 e. The van der Waals surface area contributed by atoms with Gasteiger partial charge in [-0.2, -0.15) is 0 Å². The number of phenols is 1. The van der Waals surface area contributed by atoms with E-state index < -0.39 is 20.2 Å². The number of carbonyl (C=O) groups is 2. The molecule has 8 nitrogen and oxygen atoms in total. The number of ether oxygens (including phenoxy) is 2. The first-order chi connectivity index (χ1) is 27.0. The van der Waals surface area contributed by atoms with E-state index in [2.05, 4.69) is 98.0 Å². The molecule has 0 radical (unpaired) electrons. The summed E-state index contributed by atoms with van der Waals surface area (Å²) in [5.41, 5.74) is 4.98. The van der Waals surface area contributed by atoms with Crippen molar-refractivity contribution >= 4 is 64.7 Å². The highest BCUT2D eigenvalue weighted by Gasteiger charge is 2.57. The first-order valence-electron chi connectivity index (χ1n) is 19.6. The second-order valence-corrected chi connectivity index (χ2v) is 21.5. The molecule has 3 heterocycles. The number of amides is 2. The zero-order chi connectivity index (χ0) is 39.6. The van der Waals surface area contributed by atoms with Crippen LogP contribution in [0.5, 0.6) is 11.5 Å². The molecule has 3 aromatic carbocycles. The first-order valence-corrected chi connectivity index (χ1v) is 22.6. The lowest BCUT2D eigenvalue weighted by Crippen LogP contribution is -2.66. The van der Waals surface area contributed by atoms with Crippen molar-refractivity contribution in [2.45, 2.75) is 64.5 Å². The average molecular weight is 883 g/mol. The highest BCUT2D eigenvalue weighted by Crippen LogP contribution is 2.51. The molecule has 4 atom stereocenters. The number of likely N-dealkylation sites (tertiary alicyclic amines) is 1. The molecule has 1 N–H and O–H groups in total. The lowest BCUT2D eigenvalue weighted by Gasteiger charge is -2.44. The zero-order valence-corrected chi connectivity index (χ0v) is 36.0. The summed E-state index contributed by atoms with van der Waals surface area (Å²) in [6.07, 6.45) is 6.13. The van der Waals surface area contributed by atoms with Gasteiger partial charge in [0.05, 0.1) is 47.5 Å². The minimum Gasteiger partial charge on any atom is -0.504 e. The van der Waals surface area contributed by atoms with Gasteiger partial charge >= 0.3 is 0 Å². The number of methoxy groups -OCH3 is 1. The molecule has 1 aliphatic carbocycles. The van der Waals surface area contributed by atoms with Crippen LogP contribution in [0.25, 0.3) is 11.6 Å². The Hall–Kier alpha value is -4.10. The molecule has 0 saturated carbocycles. The Bertz CT molecular complexity index is 2080. The normalized spacial score (nSPS) is 21.4. The number of rotatable bonds is 13. The molecule has 3 aliphatic rings. The lowest BCUT2D eigenvalue weighted by molar-refractivity contribution is -0.140. The van der Waals surface area contributed by atoms with E-state index in [9.17, 15) is 14.7 Å². The fourth-order valence-corrected chi connectivity index (χ4v) is 14.4. The second kappa shape index (κ2) is 16.8. The molecule has 2 aliphatic heterocycles. The maximum Gasteiger partial charge on any atom is 0.261 e. The van der Waals surface area contributed by atoms with E-state index in [1.165, 1.54) is 15.3 Å². The summed E-state index contributed by atoms with van der Waals surface area (Å²) in [5.74, 6) is -0.646. The van der Waals surface area contributed by atoms with Gasteiger partial charge in [0.1, 0.15) is 0 Å². The van der Waals surface area contributed by atoms with Crippen LogP contribution in [-0.4, -0.2) is 68.1 Å². The molecule has 292 valence electrons. The minimum atomic E-state index is -2.91. The predicted octanol–water partition coefficient (Wildman–Crippen LogP) is 8.02. The fourth-order valence-electron chi connectivity index (χ4n) is 9.22. The minimum absolute atomic E-state index is 0.0633. The van der Waals surface area contributed by atoms with Gasteiger partial charge in [0.15, 0.2) is 11.5 Å². The van der Waals surface area contributed by atoms with Gasteiger partial charge in [0, 0.05) is 18.7 Å². The van der Waals surface area contributed by atoms with Crippen LogP contribution in [0.2, 0.25) is 5.04 Å². The number of aromatic nitrogens is 1. The number of carbonyl (C=O) groups excluding carboxylic acids is 2. The van der Waals surface area contributed by atoms with Crippen LogP contribution >= 0.6 is 22.6 Å². The Morgan fingerprint density at radius 1 is 0.982 bits per heavy atom. The number of aromatic hydroxyl groups is 1. The number of benzene rings is 3. The molecule has 1 aromatic heterocycles. The third-order valence-electron chi connectivity index (χ3n) is 11.7. The van der Waals surface area contributed by atoms with Gasteiger partial charge in [-0.3, -0.25) is 19.5 Å². The predicted molar refractivity (Wildman–Crippen MR) is 231 cm³/mol. The van der Waals surface area contributed by atoms with Crippen molar-refractivity contribution in [2.24, 2.45) is 17.8 Å². The number of phenolic OH excluding ortho intramolecular Hbond substituents is 1. The Morgan fingerprint density at radius 2 is 1.66 bits per heavy atom. The maximum absolute atomic E-state index is 14.0. The molecule has 0 spiro atoms. The van der Waals surface area contributed by atoms with Crippen LogP contribution in [0.4, 0.5) is 0 Å². The Balaban J connectivity index is 1.29. The van der Waals surface area contributed by atoms with Crippen molar-refractivity contribution in [2.75, 3.05) is 26.9 Å². The second-order valence-electron chi connectivity index (χ2n) is 16.1. The molecule has 2 saturated heterocycles. The summed E-state index contributed by atoms with van der Waals surface area (Å²) in [6.45, 7) is 10.0. The van der Waals surface area contributed by atoms with Crippen molar-refractivity contribution in [1.82, 2.24) is 9.88 Å². The van der Waals surface area contributed by atoms with Crippen molar-refractivity contribution in [3.63, 3.8) is 0 Å². The number of allylic oxidation sites excluding steroid dienone is 1. The summed E-state index contributed by atoms with van der Waals surface area (Å²) in [4.78, 5) is 34.2. The number of hydrogen-bond donors (Lipinski definition) is 1.